The molecule has 2 heterocycles. The van der Waals surface area contributed by atoms with Crippen LogP contribution < -0.4 is 4.74 Å². The number of rotatable bonds is 6. The van der Waals surface area contributed by atoms with Gasteiger partial charge in [0.25, 0.3) is 5.91 Å². The van der Waals surface area contributed by atoms with Crippen LogP contribution in [-0.2, 0) is 16.1 Å². The molecule has 0 N–H and O–H groups in total. The Bertz CT molecular complexity index is 1090. The van der Waals surface area contributed by atoms with Crippen LogP contribution in [0, 0.1) is 11.3 Å². The summed E-state index contributed by atoms with van der Waals surface area (Å²) in [6, 6.07) is 15.1. The maximum absolute atomic E-state index is 13.0. The van der Waals surface area contributed by atoms with Gasteiger partial charge in [0.1, 0.15) is 16.7 Å². The topological polar surface area (TPSA) is 62.6 Å². The van der Waals surface area contributed by atoms with E-state index in [1.54, 1.807) is 11.0 Å². The first-order valence-electron chi connectivity index (χ1n) is 9.82. The molecule has 0 spiro atoms. The van der Waals surface area contributed by atoms with Crippen molar-refractivity contribution in [3.05, 3.63) is 68.5 Å². The van der Waals surface area contributed by atoms with Gasteiger partial charge in [-0.25, -0.2) is 0 Å². The van der Waals surface area contributed by atoms with Gasteiger partial charge in [0.05, 0.1) is 29.2 Å². The second kappa shape index (κ2) is 9.96. The number of nitriles is 1. The second-order valence-electron chi connectivity index (χ2n) is 7.17. The molecule has 2 saturated heterocycles. The van der Waals surface area contributed by atoms with Crippen LogP contribution >= 0.6 is 39.9 Å². The Hall–Kier alpha value is -2.18. The van der Waals surface area contributed by atoms with Crippen molar-refractivity contribution in [2.45, 2.75) is 25.6 Å². The largest absolute Gasteiger partial charge is 0.488 e. The summed E-state index contributed by atoms with van der Waals surface area (Å²) in [7, 11) is 0. The number of thioether (sulfide) groups is 1. The summed E-state index contributed by atoms with van der Waals surface area (Å²) >= 11 is 10.2. The van der Waals surface area contributed by atoms with E-state index in [1.165, 1.54) is 11.8 Å². The minimum atomic E-state index is -0.105. The molecule has 0 aliphatic carbocycles. The molecule has 158 valence electrons. The minimum absolute atomic E-state index is 0.0480. The number of amides is 1. The third-order valence-corrected chi connectivity index (χ3v) is 6.93. The van der Waals surface area contributed by atoms with E-state index in [9.17, 15) is 10.1 Å². The molecule has 8 heteroatoms. The maximum Gasteiger partial charge on any atom is 0.266 e. The summed E-state index contributed by atoms with van der Waals surface area (Å²) in [5.41, 5.74) is 2.15. The first-order chi connectivity index (χ1) is 15.0. The first kappa shape index (κ1) is 22.0. The van der Waals surface area contributed by atoms with E-state index in [2.05, 4.69) is 22.0 Å². The van der Waals surface area contributed by atoms with Crippen molar-refractivity contribution in [3.63, 3.8) is 0 Å². The SMILES string of the molecule is N#Cc1ccccc1COc1ccc(Br)cc1/C=C1\SC(=S)N(C[C@@H]2CCCO2)C1=O. The highest BCUT2D eigenvalue weighted by Gasteiger charge is 2.34. The molecule has 2 aromatic rings. The fourth-order valence-electron chi connectivity index (χ4n) is 3.46. The molecular weight excluding hydrogens is 496 g/mol. The quantitative estimate of drug-likeness (QED) is 0.386. The monoisotopic (exact) mass is 514 g/mol. The lowest BCUT2D eigenvalue weighted by Crippen LogP contribution is -2.35. The lowest BCUT2D eigenvalue weighted by Gasteiger charge is -2.18. The number of hydrogen-bond acceptors (Lipinski definition) is 6. The van der Waals surface area contributed by atoms with E-state index in [1.807, 2.05) is 42.5 Å². The van der Waals surface area contributed by atoms with Crippen molar-refractivity contribution >= 4 is 56.2 Å². The summed E-state index contributed by atoms with van der Waals surface area (Å²) in [5.74, 6) is 0.520. The van der Waals surface area contributed by atoms with Crippen LogP contribution in [0.5, 0.6) is 5.75 Å². The number of benzene rings is 2. The molecule has 2 fully saturated rings. The van der Waals surface area contributed by atoms with E-state index in [0.29, 0.717) is 27.1 Å². The number of ether oxygens (including phenoxy) is 2. The highest BCUT2D eigenvalue weighted by atomic mass is 79.9. The predicted octanol–water partition coefficient (Wildman–Crippen LogP) is 5.28. The number of hydrogen-bond donors (Lipinski definition) is 0. The van der Waals surface area contributed by atoms with Gasteiger partial charge in [-0.2, -0.15) is 5.26 Å². The van der Waals surface area contributed by atoms with Crippen molar-refractivity contribution < 1.29 is 14.3 Å². The second-order valence-corrected chi connectivity index (χ2v) is 9.76. The van der Waals surface area contributed by atoms with Crippen LogP contribution in [0.3, 0.4) is 0 Å². The summed E-state index contributed by atoms with van der Waals surface area (Å²) in [5, 5.41) is 9.29. The Morgan fingerprint density at radius 3 is 2.97 bits per heavy atom. The summed E-state index contributed by atoms with van der Waals surface area (Å²) in [6.07, 6.45) is 3.82. The van der Waals surface area contributed by atoms with Crippen molar-refractivity contribution in [2.24, 2.45) is 0 Å². The fraction of sp³-hybridized carbons (Fsp3) is 0.261. The van der Waals surface area contributed by atoms with Gasteiger partial charge in [-0.3, -0.25) is 9.69 Å². The zero-order valence-corrected chi connectivity index (χ0v) is 19.8. The number of carbonyl (C=O) groups is 1. The Labute approximate surface area is 199 Å². The third-order valence-electron chi connectivity index (χ3n) is 5.06. The normalized spacial score (nSPS) is 19.8. The van der Waals surface area contributed by atoms with Gasteiger partial charge >= 0.3 is 0 Å². The zero-order valence-electron chi connectivity index (χ0n) is 16.5. The molecule has 2 aliphatic rings. The molecule has 1 atom stereocenters. The van der Waals surface area contributed by atoms with Gasteiger partial charge in [0.2, 0.25) is 0 Å². The van der Waals surface area contributed by atoms with E-state index in [0.717, 1.165) is 35.0 Å². The Morgan fingerprint density at radius 2 is 2.19 bits per heavy atom. The third kappa shape index (κ3) is 5.18. The number of nitrogens with zero attached hydrogens (tertiary/aromatic N) is 2. The van der Waals surface area contributed by atoms with Crippen LogP contribution in [0.25, 0.3) is 6.08 Å². The molecular formula is C23H19BrN2O3S2. The molecule has 2 aromatic carbocycles. The zero-order chi connectivity index (χ0) is 21.8. The number of halogens is 1. The number of carbonyl (C=O) groups excluding carboxylic acids is 1. The summed E-state index contributed by atoms with van der Waals surface area (Å²) in [6.45, 7) is 1.49. The minimum Gasteiger partial charge on any atom is -0.488 e. The van der Waals surface area contributed by atoms with Crippen LogP contribution in [0.15, 0.2) is 51.8 Å². The smallest absolute Gasteiger partial charge is 0.266 e. The van der Waals surface area contributed by atoms with Gasteiger partial charge in [0.15, 0.2) is 0 Å². The average molecular weight is 515 g/mol. The molecule has 0 aromatic heterocycles. The van der Waals surface area contributed by atoms with Gasteiger partial charge in [-0.15, -0.1) is 0 Å². The first-order valence-corrected chi connectivity index (χ1v) is 11.8. The lowest BCUT2D eigenvalue weighted by atomic mass is 10.1. The van der Waals surface area contributed by atoms with E-state index >= 15 is 0 Å². The molecule has 2 aliphatic heterocycles. The summed E-state index contributed by atoms with van der Waals surface area (Å²) in [4.78, 5) is 15.2. The van der Waals surface area contributed by atoms with Crippen LogP contribution in [0.2, 0.25) is 0 Å². The van der Waals surface area contributed by atoms with Gasteiger partial charge in [-0.05, 0) is 43.2 Å². The number of thiocarbonyl (C=S) groups is 1. The standard InChI is InChI=1S/C23H19BrN2O3S2/c24-18-7-8-20(29-14-16-5-2-1-4-15(16)12-25)17(10-18)11-21-22(27)26(23(30)31-21)13-19-6-3-9-28-19/h1-2,4-5,7-8,10-11,19H,3,6,9,13-14H2/b21-11-/t19-/m0/s1. The van der Waals surface area contributed by atoms with E-state index in [4.69, 9.17) is 21.7 Å². The lowest BCUT2D eigenvalue weighted by molar-refractivity contribution is -0.123. The Kier molecular flexibility index (Phi) is 7.08. The maximum atomic E-state index is 13.0. The van der Waals surface area contributed by atoms with Gasteiger partial charge in [0, 0.05) is 22.2 Å². The predicted molar refractivity (Wildman–Crippen MR) is 128 cm³/mol. The fourth-order valence-corrected chi connectivity index (χ4v) is 5.11. The molecule has 5 nitrogen and oxygen atoms in total. The van der Waals surface area contributed by atoms with Gasteiger partial charge < -0.3 is 9.47 Å². The molecule has 31 heavy (non-hydrogen) atoms. The van der Waals surface area contributed by atoms with E-state index < -0.39 is 0 Å². The highest BCUT2D eigenvalue weighted by molar-refractivity contribution is 9.10. The van der Waals surface area contributed by atoms with Crippen LogP contribution in [-0.4, -0.2) is 34.4 Å². The van der Waals surface area contributed by atoms with Crippen molar-refractivity contribution in [1.29, 1.82) is 5.26 Å². The van der Waals surface area contributed by atoms with Crippen LogP contribution in [0.4, 0.5) is 0 Å². The Morgan fingerprint density at radius 1 is 1.35 bits per heavy atom. The van der Waals surface area contributed by atoms with E-state index in [-0.39, 0.29) is 18.6 Å². The Balaban J connectivity index is 1.54. The molecule has 0 bridgehead atoms. The van der Waals surface area contributed by atoms with Crippen LogP contribution in [0.1, 0.15) is 29.5 Å². The molecule has 0 unspecified atom stereocenters. The molecule has 4 rings (SSSR count). The summed E-state index contributed by atoms with van der Waals surface area (Å²) < 4.78 is 13.1. The molecule has 0 radical (unpaired) electrons. The molecule has 0 saturated carbocycles. The highest BCUT2D eigenvalue weighted by Crippen LogP contribution is 2.36. The average Bonchev–Trinajstić information content (AvgIpc) is 3.37. The van der Waals surface area contributed by atoms with Crippen molar-refractivity contribution in [1.82, 2.24) is 4.90 Å². The van der Waals surface area contributed by atoms with Gasteiger partial charge in [-0.1, -0.05) is 58.1 Å². The van der Waals surface area contributed by atoms with Crippen molar-refractivity contribution in [3.8, 4) is 11.8 Å². The molecule has 1 amide bonds. The van der Waals surface area contributed by atoms with Crippen molar-refractivity contribution in [2.75, 3.05) is 13.2 Å².